The number of rotatable bonds is 6. The van der Waals surface area contributed by atoms with Gasteiger partial charge in [0, 0.05) is 24.6 Å². The fraction of sp³-hybridized carbons (Fsp3) is 0.474. The molecule has 0 aliphatic carbocycles. The first-order valence-corrected chi connectivity index (χ1v) is 9.84. The zero-order chi connectivity index (χ0) is 18.7. The van der Waals surface area contributed by atoms with Crippen LogP contribution in [0.3, 0.4) is 0 Å². The van der Waals surface area contributed by atoms with Crippen LogP contribution in [0, 0.1) is 5.41 Å². The lowest BCUT2D eigenvalue weighted by Crippen LogP contribution is -2.47. The van der Waals surface area contributed by atoms with Crippen LogP contribution >= 0.6 is 23.7 Å². The lowest BCUT2D eigenvalue weighted by Gasteiger charge is -2.37. The van der Waals surface area contributed by atoms with E-state index >= 15 is 0 Å². The van der Waals surface area contributed by atoms with Crippen molar-refractivity contribution in [2.45, 2.75) is 12.8 Å². The number of amides is 1. The Bertz CT molecular complexity index is 818. The molecule has 28 heavy (non-hydrogen) atoms. The Morgan fingerprint density at radius 1 is 1.32 bits per heavy atom. The molecule has 0 spiro atoms. The molecule has 1 aromatic heterocycles. The van der Waals surface area contributed by atoms with E-state index in [1.54, 1.807) is 13.3 Å². The number of ether oxygens (including phenoxy) is 3. The lowest BCUT2D eigenvalue weighted by atomic mass is 9.79. The van der Waals surface area contributed by atoms with E-state index < -0.39 is 0 Å². The van der Waals surface area contributed by atoms with Gasteiger partial charge in [-0.2, -0.15) is 0 Å². The first-order valence-electron chi connectivity index (χ1n) is 9.03. The van der Waals surface area contributed by atoms with E-state index in [0.717, 1.165) is 42.3 Å². The van der Waals surface area contributed by atoms with E-state index in [2.05, 4.69) is 15.6 Å². The smallest absolute Gasteiger partial charge is 0.263 e. The van der Waals surface area contributed by atoms with Gasteiger partial charge in [-0.1, -0.05) is 0 Å². The second kappa shape index (κ2) is 9.09. The van der Waals surface area contributed by atoms with Crippen molar-refractivity contribution in [3.8, 4) is 22.1 Å². The number of hydrogen-bond donors (Lipinski definition) is 2. The zero-order valence-electron chi connectivity index (χ0n) is 15.7. The van der Waals surface area contributed by atoms with Crippen LogP contribution in [0.15, 0.2) is 24.4 Å². The summed E-state index contributed by atoms with van der Waals surface area (Å²) in [6.45, 7) is 3.41. The summed E-state index contributed by atoms with van der Waals surface area (Å²) in [6, 6.07) is 5.69. The molecular formula is C19H24ClN3O4S. The van der Waals surface area contributed by atoms with Gasteiger partial charge in [-0.25, -0.2) is 4.98 Å². The Balaban J connectivity index is 0.00000225. The van der Waals surface area contributed by atoms with E-state index in [1.165, 1.54) is 11.3 Å². The van der Waals surface area contributed by atoms with Crippen molar-refractivity contribution in [1.29, 1.82) is 0 Å². The predicted molar refractivity (Wildman–Crippen MR) is 110 cm³/mol. The molecule has 1 aromatic carbocycles. The van der Waals surface area contributed by atoms with Gasteiger partial charge in [0.1, 0.15) is 9.88 Å². The Morgan fingerprint density at radius 3 is 2.89 bits per heavy atom. The molecular weight excluding hydrogens is 402 g/mol. The molecule has 4 rings (SSSR count). The third-order valence-electron chi connectivity index (χ3n) is 5.09. The van der Waals surface area contributed by atoms with Gasteiger partial charge in [0.2, 0.25) is 6.79 Å². The van der Waals surface area contributed by atoms with Crippen LogP contribution in [0.4, 0.5) is 0 Å². The summed E-state index contributed by atoms with van der Waals surface area (Å²) in [6.07, 6.45) is 3.61. The summed E-state index contributed by atoms with van der Waals surface area (Å²) in [5.74, 6) is 1.35. The molecule has 7 nitrogen and oxygen atoms in total. The highest BCUT2D eigenvalue weighted by Gasteiger charge is 2.32. The van der Waals surface area contributed by atoms with Crippen LogP contribution < -0.4 is 20.1 Å². The van der Waals surface area contributed by atoms with E-state index in [1.807, 2.05) is 18.2 Å². The monoisotopic (exact) mass is 425 g/mol. The quantitative estimate of drug-likeness (QED) is 0.740. The Hall–Kier alpha value is -1.87. The van der Waals surface area contributed by atoms with E-state index in [9.17, 15) is 4.79 Å². The van der Waals surface area contributed by atoms with Crippen LogP contribution in [0.2, 0.25) is 0 Å². The van der Waals surface area contributed by atoms with E-state index in [-0.39, 0.29) is 30.5 Å². The van der Waals surface area contributed by atoms with Crippen molar-refractivity contribution in [3.05, 3.63) is 29.3 Å². The average Bonchev–Trinajstić information content (AvgIpc) is 3.36. The van der Waals surface area contributed by atoms with Gasteiger partial charge < -0.3 is 24.8 Å². The number of halogens is 1. The van der Waals surface area contributed by atoms with Crippen LogP contribution in [0.1, 0.15) is 22.5 Å². The number of hydrogen-bond acceptors (Lipinski definition) is 7. The van der Waals surface area contributed by atoms with Crippen molar-refractivity contribution in [1.82, 2.24) is 15.6 Å². The van der Waals surface area contributed by atoms with Crippen molar-refractivity contribution < 1.29 is 19.0 Å². The molecule has 2 N–H and O–H groups in total. The molecule has 0 unspecified atom stereocenters. The van der Waals surface area contributed by atoms with Gasteiger partial charge in [0.05, 0.1) is 12.8 Å². The second-order valence-electron chi connectivity index (χ2n) is 6.96. The number of fused-ring (bicyclic) bond motifs is 1. The van der Waals surface area contributed by atoms with Gasteiger partial charge in [0.25, 0.3) is 5.91 Å². The van der Waals surface area contributed by atoms with Crippen LogP contribution in [-0.2, 0) is 4.74 Å². The minimum atomic E-state index is -0.0893. The number of nitrogens with one attached hydrogen (secondary N) is 2. The normalized spacial score (nSPS) is 17.0. The molecule has 0 bridgehead atoms. The number of methoxy groups -OCH3 is 1. The summed E-state index contributed by atoms with van der Waals surface area (Å²) in [4.78, 5) is 17.6. The van der Waals surface area contributed by atoms with Gasteiger partial charge in [-0.05, 0) is 44.1 Å². The maximum Gasteiger partial charge on any atom is 0.263 e. The molecule has 9 heteroatoms. The number of carbonyl (C=O) groups excluding carboxylic acids is 1. The topological polar surface area (TPSA) is 81.7 Å². The molecule has 0 atom stereocenters. The van der Waals surface area contributed by atoms with Crippen LogP contribution in [-0.4, -0.2) is 51.0 Å². The third-order valence-corrected chi connectivity index (χ3v) is 6.13. The van der Waals surface area contributed by atoms with Gasteiger partial charge >= 0.3 is 0 Å². The molecule has 0 saturated carbocycles. The highest BCUT2D eigenvalue weighted by atomic mass is 35.5. The van der Waals surface area contributed by atoms with Crippen molar-refractivity contribution in [3.63, 3.8) is 0 Å². The number of thiazole rings is 1. The Morgan fingerprint density at radius 2 is 2.11 bits per heavy atom. The van der Waals surface area contributed by atoms with Gasteiger partial charge in [-0.3, -0.25) is 4.79 Å². The fourth-order valence-corrected chi connectivity index (χ4v) is 4.36. The average molecular weight is 426 g/mol. The Labute approximate surface area is 174 Å². The Kier molecular flexibility index (Phi) is 6.77. The summed E-state index contributed by atoms with van der Waals surface area (Å²) >= 11 is 1.38. The lowest BCUT2D eigenvalue weighted by molar-refractivity contribution is 0.0512. The summed E-state index contributed by atoms with van der Waals surface area (Å²) < 4.78 is 16.2. The molecule has 152 valence electrons. The second-order valence-corrected chi connectivity index (χ2v) is 7.99. The molecule has 2 aliphatic heterocycles. The predicted octanol–water partition coefficient (Wildman–Crippen LogP) is 2.71. The molecule has 3 heterocycles. The SMILES string of the molecule is COCC1(CNC(=O)c2cnc(-c3ccc4c(c3)OCO4)s2)CCNCC1.Cl. The molecule has 1 fully saturated rings. The van der Waals surface area contributed by atoms with Gasteiger partial charge in [0.15, 0.2) is 11.5 Å². The third kappa shape index (κ3) is 4.41. The van der Waals surface area contributed by atoms with Crippen molar-refractivity contribution >= 4 is 29.7 Å². The number of benzene rings is 1. The van der Waals surface area contributed by atoms with Crippen molar-refractivity contribution in [2.75, 3.05) is 40.1 Å². The molecule has 1 amide bonds. The minimum Gasteiger partial charge on any atom is -0.454 e. The fourth-order valence-electron chi connectivity index (χ4n) is 3.53. The molecule has 1 saturated heterocycles. The van der Waals surface area contributed by atoms with Crippen molar-refractivity contribution in [2.24, 2.45) is 5.41 Å². The summed E-state index contributed by atoms with van der Waals surface area (Å²) in [5.41, 5.74) is 0.915. The zero-order valence-corrected chi connectivity index (χ0v) is 17.3. The maximum absolute atomic E-state index is 12.6. The maximum atomic E-state index is 12.6. The highest BCUT2D eigenvalue weighted by molar-refractivity contribution is 7.16. The summed E-state index contributed by atoms with van der Waals surface area (Å²) in [7, 11) is 1.71. The largest absolute Gasteiger partial charge is 0.454 e. The van der Waals surface area contributed by atoms with Crippen LogP contribution in [0.5, 0.6) is 11.5 Å². The standard InChI is InChI=1S/C19H23N3O4S.ClH/c1-24-11-19(4-6-20-7-5-19)10-22-17(23)16-9-21-18(27-16)13-2-3-14-15(8-13)26-12-25-14;/h2-3,8-9,20H,4-7,10-12H2,1H3,(H,22,23);1H. The first kappa shape index (κ1) is 20.9. The number of aromatic nitrogens is 1. The molecule has 2 aliphatic rings. The summed E-state index contributed by atoms with van der Waals surface area (Å²) in [5, 5.41) is 7.23. The molecule has 0 radical (unpaired) electrons. The molecule has 2 aromatic rings. The number of carbonyl (C=O) groups is 1. The van der Waals surface area contributed by atoms with E-state index in [4.69, 9.17) is 14.2 Å². The highest BCUT2D eigenvalue weighted by Crippen LogP contribution is 2.37. The number of nitrogens with zero attached hydrogens (tertiary/aromatic N) is 1. The van der Waals surface area contributed by atoms with Gasteiger partial charge in [-0.15, -0.1) is 23.7 Å². The van der Waals surface area contributed by atoms with E-state index in [0.29, 0.717) is 23.8 Å². The van der Waals surface area contributed by atoms with Crippen LogP contribution in [0.25, 0.3) is 10.6 Å². The number of piperidine rings is 1. The minimum absolute atomic E-state index is 0. The first-order chi connectivity index (χ1) is 13.2.